The molecule has 0 atom stereocenters. The Labute approximate surface area is 159 Å². The Morgan fingerprint density at radius 1 is 1.25 bits per heavy atom. The number of H-pyrrole nitrogens is 1. The molecule has 0 bridgehead atoms. The van der Waals surface area contributed by atoms with Crippen molar-refractivity contribution in [2.45, 2.75) is 26.2 Å². The lowest BCUT2D eigenvalue weighted by Crippen LogP contribution is -2.11. The minimum atomic E-state index is -0.998. The van der Waals surface area contributed by atoms with Crippen molar-refractivity contribution in [2.24, 2.45) is 0 Å². The SMILES string of the molecule is CCc1cc2c(=O)c(-c3nc4ccccc4[nH]3)c(CCC(=O)O)oc2cc1O. The number of aromatic nitrogens is 2. The Bertz CT molecular complexity index is 1240. The number of para-hydroxylation sites is 2. The summed E-state index contributed by atoms with van der Waals surface area (Å²) in [5.41, 5.74) is 2.23. The van der Waals surface area contributed by atoms with Crippen LogP contribution in [-0.4, -0.2) is 26.2 Å². The molecule has 4 aromatic rings. The van der Waals surface area contributed by atoms with Gasteiger partial charge in [-0.25, -0.2) is 4.98 Å². The van der Waals surface area contributed by atoms with Crippen molar-refractivity contribution in [3.05, 3.63) is 57.9 Å². The van der Waals surface area contributed by atoms with Crippen LogP contribution in [0.5, 0.6) is 5.75 Å². The number of carboxylic acids is 1. The fourth-order valence-corrected chi connectivity index (χ4v) is 3.31. The Kier molecular flexibility index (Phi) is 4.35. The van der Waals surface area contributed by atoms with E-state index in [4.69, 9.17) is 9.52 Å². The molecule has 4 rings (SSSR count). The van der Waals surface area contributed by atoms with Gasteiger partial charge < -0.3 is 19.6 Å². The number of phenolic OH excluding ortho intramolecular Hbond substituents is 1. The van der Waals surface area contributed by atoms with E-state index in [1.807, 2.05) is 31.2 Å². The van der Waals surface area contributed by atoms with Gasteiger partial charge in [0.05, 0.1) is 22.8 Å². The number of aliphatic carboxylic acids is 1. The molecule has 0 radical (unpaired) electrons. The fourth-order valence-electron chi connectivity index (χ4n) is 3.31. The van der Waals surface area contributed by atoms with Crippen molar-refractivity contribution >= 4 is 28.0 Å². The van der Waals surface area contributed by atoms with Crippen LogP contribution in [0.1, 0.15) is 24.7 Å². The highest BCUT2D eigenvalue weighted by Crippen LogP contribution is 2.29. The molecule has 3 N–H and O–H groups in total. The third-order valence-electron chi connectivity index (χ3n) is 4.74. The smallest absolute Gasteiger partial charge is 0.303 e. The molecule has 0 aliphatic carbocycles. The first-order valence-electron chi connectivity index (χ1n) is 8.96. The van der Waals surface area contributed by atoms with Crippen LogP contribution in [0.15, 0.2) is 45.6 Å². The van der Waals surface area contributed by atoms with E-state index >= 15 is 0 Å². The Morgan fingerprint density at radius 2 is 2.04 bits per heavy atom. The van der Waals surface area contributed by atoms with E-state index in [0.717, 1.165) is 5.52 Å². The molecule has 2 aromatic carbocycles. The van der Waals surface area contributed by atoms with Gasteiger partial charge in [0.1, 0.15) is 28.5 Å². The van der Waals surface area contributed by atoms with Crippen molar-refractivity contribution in [3.63, 3.8) is 0 Å². The van der Waals surface area contributed by atoms with Crippen LogP contribution in [0.4, 0.5) is 0 Å². The number of fused-ring (bicyclic) bond motifs is 2. The molecule has 28 heavy (non-hydrogen) atoms. The lowest BCUT2D eigenvalue weighted by Gasteiger charge is -2.10. The molecular weight excluding hydrogens is 360 g/mol. The van der Waals surface area contributed by atoms with Gasteiger partial charge in [-0.15, -0.1) is 0 Å². The highest BCUT2D eigenvalue weighted by molar-refractivity contribution is 5.86. The molecule has 7 nitrogen and oxygen atoms in total. The van der Waals surface area contributed by atoms with E-state index in [2.05, 4.69) is 9.97 Å². The standard InChI is InChI=1S/C21H18N2O5/c1-2-11-9-12-17(10-15(11)24)28-16(7-8-18(25)26)19(20(12)27)21-22-13-5-3-4-6-14(13)23-21/h3-6,9-10,24H,2,7-8H2,1H3,(H,22,23)(H,25,26). The molecule has 0 unspecified atom stereocenters. The zero-order valence-electron chi connectivity index (χ0n) is 15.2. The van der Waals surface area contributed by atoms with Gasteiger partial charge in [-0.2, -0.15) is 0 Å². The summed E-state index contributed by atoms with van der Waals surface area (Å²) >= 11 is 0. The van der Waals surface area contributed by atoms with E-state index < -0.39 is 5.97 Å². The van der Waals surface area contributed by atoms with Gasteiger partial charge in [-0.1, -0.05) is 19.1 Å². The molecule has 0 aliphatic heterocycles. The number of carboxylic acid groups (broad SMARTS) is 1. The van der Waals surface area contributed by atoms with Gasteiger partial charge in [-0.3, -0.25) is 9.59 Å². The third kappa shape index (κ3) is 3.00. The normalized spacial score (nSPS) is 11.3. The number of nitrogens with one attached hydrogen (secondary N) is 1. The molecule has 0 aliphatic rings. The average molecular weight is 378 g/mol. The molecule has 0 spiro atoms. The average Bonchev–Trinajstić information content (AvgIpc) is 3.09. The first kappa shape index (κ1) is 17.8. The predicted octanol–water partition coefficient (Wildman–Crippen LogP) is 3.62. The number of hydrogen-bond acceptors (Lipinski definition) is 5. The van der Waals surface area contributed by atoms with Gasteiger partial charge in [0.25, 0.3) is 0 Å². The Balaban J connectivity index is 2.01. The van der Waals surface area contributed by atoms with Crippen LogP contribution in [0.3, 0.4) is 0 Å². The number of rotatable bonds is 5. The van der Waals surface area contributed by atoms with Crippen molar-refractivity contribution in [3.8, 4) is 17.1 Å². The van der Waals surface area contributed by atoms with Crippen molar-refractivity contribution in [2.75, 3.05) is 0 Å². The van der Waals surface area contributed by atoms with Gasteiger partial charge in [0, 0.05) is 12.5 Å². The Hall–Kier alpha value is -3.61. The number of phenols is 1. The number of aryl methyl sites for hydroxylation is 2. The first-order valence-corrected chi connectivity index (χ1v) is 8.96. The number of hydrogen-bond donors (Lipinski definition) is 3. The van der Waals surface area contributed by atoms with E-state index in [9.17, 15) is 14.7 Å². The van der Waals surface area contributed by atoms with E-state index in [1.54, 1.807) is 6.07 Å². The first-order chi connectivity index (χ1) is 13.5. The quantitative estimate of drug-likeness (QED) is 0.488. The monoisotopic (exact) mass is 378 g/mol. The summed E-state index contributed by atoms with van der Waals surface area (Å²) in [7, 11) is 0. The van der Waals surface area contributed by atoms with Crippen LogP contribution in [-0.2, 0) is 17.6 Å². The number of imidazole rings is 1. The molecule has 142 valence electrons. The summed E-state index contributed by atoms with van der Waals surface area (Å²) in [5, 5.41) is 19.5. The van der Waals surface area contributed by atoms with Crippen molar-refractivity contribution in [1.82, 2.24) is 9.97 Å². The van der Waals surface area contributed by atoms with Crippen molar-refractivity contribution in [1.29, 1.82) is 0 Å². The van der Waals surface area contributed by atoms with Crippen LogP contribution in [0.2, 0.25) is 0 Å². The van der Waals surface area contributed by atoms with Crippen LogP contribution in [0.25, 0.3) is 33.4 Å². The fraction of sp³-hybridized carbons (Fsp3) is 0.190. The maximum atomic E-state index is 13.3. The number of benzene rings is 2. The minimum Gasteiger partial charge on any atom is -0.508 e. The van der Waals surface area contributed by atoms with Crippen LogP contribution < -0.4 is 5.43 Å². The second kappa shape index (κ2) is 6.84. The summed E-state index contributed by atoms with van der Waals surface area (Å²) in [6.45, 7) is 1.88. The molecule has 2 heterocycles. The molecule has 0 saturated heterocycles. The third-order valence-corrected chi connectivity index (χ3v) is 4.74. The zero-order valence-corrected chi connectivity index (χ0v) is 15.2. The lowest BCUT2D eigenvalue weighted by atomic mass is 10.0. The number of carbonyl (C=O) groups is 1. The number of aromatic hydroxyl groups is 1. The van der Waals surface area contributed by atoms with Crippen molar-refractivity contribution < 1.29 is 19.4 Å². The van der Waals surface area contributed by atoms with Gasteiger partial charge >= 0.3 is 5.97 Å². The minimum absolute atomic E-state index is 0.0309. The molecular formula is C21H18N2O5. The van der Waals surface area contributed by atoms with E-state index in [-0.39, 0.29) is 40.9 Å². The van der Waals surface area contributed by atoms with Crippen LogP contribution >= 0.6 is 0 Å². The largest absolute Gasteiger partial charge is 0.508 e. The second-order valence-electron chi connectivity index (χ2n) is 6.56. The van der Waals surface area contributed by atoms with Crippen LogP contribution in [0, 0.1) is 0 Å². The topological polar surface area (TPSA) is 116 Å². The number of aromatic amines is 1. The van der Waals surface area contributed by atoms with Gasteiger partial charge in [-0.05, 0) is 30.2 Å². The maximum Gasteiger partial charge on any atom is 0.303 e. The lowest BCUT2D eigenvalue weighted by molar-refractivity contribution is -0.137. The summed E-state index contributed by atoms with van der Waals surface area (Å²) < 4.78 is 5.87. The maximum absolute atomic E-state index is 13.3. The highest BCUT2D eigenvalue weighted by Gasteiger charge is 2.21. The number of nitrogens with zero attached hydrogens (tertiary/aromatic N) is 1. The Morgan fingerprint density at radius 3 is 2.75 bits per heavy atom. The summed E-state index contributed by atoms with van der Waals surface area (Å²) in [4.78, 5) is 32.0. The molecule has 0 saturated carbocycles. The molecule has 2 aromatic heterocycles. The molecule has 0 amide bonds. The molecule has 0 fully saturated rings. The second-order valence-corrected chi connectivity index (χ2v) is 6.56. The summed E-state index contributed by atoms with van der Waals surface area (Å²) in [5.74, 6) is -0.396. The highest BCUT2D eigenvalue weighted by atomic mass is 16.4. The molecule has 7 heteroatoms. The zero-order chi connectivity index (χ0) is 19.8. The van der Waals surface area contributed by atoms with Gasteiger partial charge in [0.15, 0.2) is 0 Å². The van der Waals surface area contributed by atoms with Gasteiger partial charge in [0.2, 0.25) is 5.43 Å². The summed E-state index contributed by atoms with van der Waals surface area (Å²) in [6, 6.07) is 10.4. The van der Waals surface area contributed by atoms with E-state index in [1.165, 1.54) is 6.07 Å². The van der Waals surface area contributed by atoms with E-state index in [0.29, 0.717) is 28.7 Å². The predicted molar refractivity (Wildman–Crippen MR) is 105 cm³/mol. The summed E-state index contributed by atoms with van der Waals surface area (Å²) in [6.07, 6.45) is 0.395.